The van der Waals surface area contributed by atoms with Gasteiger partial charge in [0.05, 0.1) is 10.6 Å². The normalized spacial score (nSPS) is 11.3. The maximum absolute atomic E-state index is 12.3. The first-order chi connectivity index (χ1) is 8.90. The lowest BCUT2D eigenvalue weighted by molar-refractivity contribution is 0.600. The summed E-state index contributed by atoms with van der Waals surface area (Å²) in [4.78, 5) is 4.08. The van der Waals surface area contributed by atoms with Crippen LogP contribution in [-0.2, 0) is 10.0 Å². The molecular weight excluding hydrogens is 352 g/mol. The minimum atomic E-state index is -3.68. The Morgan fingerprint density at radius 3 is 2.68 bits per heavy atom. The van der Waals surface area contributed by atoms with E-state index in [0.29, 0.717) is 10.0 Å². The summed E-state index contributed by atoms with van der Waals surface area (Å²) in [7, 11) is -3.68. The molecule has 0 aliphatic rings. The van der Waals surface area contributed by atoms with Gasteiger partial charge < -0.3 is 0 Å². The molecule has 1 aromatic carbocycles. The first-order valence-corrected chi connectivity index (χ1v) is 7.95. The van der Waals surface area contributed by atoms with Gasteiger partial charge in [0.2, 0.25) is 0 Å². The highest BCUT2D eigenvalue weighted by atomic mass is 79.9. The van der Waals surface area contributed by atoms with Gasteiger partial charge in [-0.25, -0.2) is 13.4 Å². The van der Waals surface area contributed by atoms with Gasteiger partial charge in [-0.1, -0.05) is 29.8 Å². The van der Waals surface area contributed by atoms with Gasteiger partial charge in [-0.15, -0.1) is 0 Å². The second-order valence-electron chi connectivity index (χ2n) is 3.86. The number of anilines is 1. The fraction of sp³-hybridized carbons (Fsp3) is 0.0833. The summed E-state index contributed by atoms with van der Waals surface area (Å²) in [5, 5.41) is 0.0976. The highest BCUT2D eigenvalue weighted by Crippen LogP contribution is 2.26. The molecule has 0 bridgehead atoms. The number of benzene rings is 1. The summed E-state index contributed by atoms with van der Waals surface area (Å²) < 4.78 is 27.6. The van der Waals surface area contributed by atoms with Gasteiger partial charge in [-0.2, -0.15) is 0 Å². The molecule has 0 spiro atoms. The molecule has 7 heteroatoms. The van der Waals surface area contributed by atoms with Crippen molar-refractivity contribution >= 4 is 43.2 Å². The monoisotopic (exact) mass is 360 g/mol. The van der Waals surface area contributed by atoms with Crippen LogP contribution in [0.15, 0.2) is 45.9 Å². The number of rotatable bonds is 3. The molecular formula is C12H10BrClN2O2S. The van der Waals surface area contributed by atoms with Gasteiger partial charge in [0.1, 0.15) is 0 Å². The van der Waals surface area contributed by atoms with E-state index in [9.17, 15) is 8.42 Å². The molecule has 0 atom stereocenters. The van der Waals surface area contributed by atoms with Gasteiger partial charge in [-0.3, -0.25) is 4.72 Å². The predicted molar refractivity (Wildman–Crippen MR) is 78.9 cm³/mol. The summed E-state index contributed by atoms with van der Waals surface area (Å²) >= 11 is 9.09. The predicted octanol–water partition coefficient (Wildman–Crippen LogP) is 3.61. The highest BCUT2D eigenvalue weighted by Gasteiger charge is 2.18. The first kappa shape index (κ1) is 14.3. The zero-order valence-electron chi connectivity index (χ0n) is 9.89. The van der Waals surface area contributed by atoms with Crippen molar-refractivity contribution in [3.8, 4) is 0 Å². The lowest BCUT2D eigenvalue weighted by Gasteiger charge is -2.11. The van der Waals surface area contributed by atoms with E-state index in [2.05, 4.69) is 25.6 Å². The van der Waals surface area contributed by atoms with Crippen molar-refractivity contribution in [1.82, 2.24) is 4.98 Å². The van der Waals surface area contributed by atoms with Crippen LogP contribution in [0.3, 0.4) is 0 Å². The standard InChI is InChI=1S/C12H10BrClN2O2S/c1-8-4-2-3-5-11(8)19(17,18)16-10-6-9(13)7-15-12(10)14/h2-7,16H,1H3. The maximum atomic E-state index is 12.3. The number of halogens is 2. The van der Waals surface area contributed by atoms with Crippen molar-refractivity contribution in [2.45, 2.75) is 11.8 Å². The largest absolute Gasteiger partial charge is 0.276 e. The smallest absolute Gasteiger partial charge is 0.262 e. The summed E-state index contributed by atoms with van der Waals surface area (Å²) in [6.45, 7) is 1.73. The van der Waals surface area contributed by atoms with Crippen LogP contribution >= 0.6 is 27.5 Å². The Balaban J connectivity index is 2.43. The van der Waals surface area contributed by atoms with Crippen LogP contribution in [-0.4, -0.2) is 13.4 Å². The molecule has 1 N–H and O–H groups in total. The van der Waals surface area contributed by atoms with E-state index >= 15 is 0 Å². The molecule has 2 rings (SSSR count). The Kier molecular flexibility index (Phi) is 4.13. The van der Waals surface area contributed by atoms with Gasteiger partial charge in [0, 0.05) is 10.7 Å². The number of nitrogens with one attached hydrogen (secondary N) is 1. The molecule has 0 aliphatic heterocycles. The van der Waals surface area contributed by atoms with Crippen molar-refractivity contribution in [3.05, 3.63) is 51.7 Å². The van der Waals surface area contributed by atoms with E-state index in [1.165, 1.54) is 12.3 Å². The molecule has 2 aromatic rings. The molecule has 0 radical (unpaired) electrons. The van der Waals surface area contributed by atoms with Crippen molar-refractivity contribution in [2.75, 3.05) is 4.72 Å². The minimum Gasteiger partial charge on any atom is -0.276 e. The molecule has 0 unspecified atom stereocenters. The van der Waals surface area contributed by atoms with E-state index in [1.807, 2.05) is 0 Å². The Morgan fingerprint density at radius 1 is 1.32 bits per heavy atom. The maximum Gasteiger partial charge on any atom is 0.262 e. The Morgan fingerprint density at radius 2 is 2.00 bits per heavy atom. The zero-order chi connectivity index (χ0) is 14.0. The second kappa shape index (κ2) is 5.48. The lowest BCUT2D eigenvalue weighted by atomic mass is 10.2. The number of pyridine rings is 1. The molecule has 100 valence electrons. The fourth-order valence-corrected chi connectivity index (χ4v) is 3.39. The van der Waals surface area contributed by atoms with Crippen LogP contribution in [0.25, 0.3) is 0 Å². The number of sulfonamides is 1. The SMILES string of the molecule is Cc1ccccc1S(=O)(=O)Nc1cc(Br)cnc1Cl. The molecule has 1 aromatic heterocycles. The Labute approximate surface area is 125 Å². The molecule has 19 heavy (non-hydrogen) atoms. The van der Waals surface area contributed by atoms with Gasteiger partial charge in [-0.05, 0) is 40.5 Å². The topological polar surface area (TPSA) is 59.1 Å². The van der Waals surface area contributed by atoms with Crippen molar-refractivity contribution in [1.29, 1.82) is 0 Å². The molecule has 0 saturated carbocycles. The van der Waals surface area contributed by atoms with Crippen LogP contribution < -0.4 is 4.72 Å². The van der Waals surface area contributed by atoms with E-state index in [0.717, 1.165) is 0 Å². The number of aromatic nitrogens is 1. The average molecular weight is 362 g/mol. The summed E-state index contributed by atoms with van der Waals surface area (Å²) in [5.41, 5.74) is 0.897. The van der Waals surface area contributed by atoms with Crippen molar-refractivity contribution in [3.63, 3.8) is 0 Å². The van der Waals surface area contributed by atoms with Crippen molar-refractivity contribution in [2.24, 2.45) is 0 Å². The number of aryl methyl sites for hydroxylation is 1. The molecule has 0 amide bonds. The highest BCUT2D eigenvalue weighted by molar-refractivity contribution is 9.10. The Hall–Kier alpha value is -1.11. The van der Waals surface area contributed by atoms with E-state index in [4.69, 9.17) is 11.6 Å². The lowest BCUT2D eigenvalue weighted by Crippen LogP contribution is -2.14. The summed E-state index contributed by atoms with van der Waals surface area (Å²) in [5.74, 6) is 0. The zero-order valence-corrected chi connectivity index (χ0v) is 13.1. The average Bonchev–Trinajstić information content (AvgIpc) is 2.34. The summed E-state index contributed by atoms with van der Waals surface area (Å²) in [6.07, 6.45) is 1.49. The van der Waals surface area contributed by atoms with Crippen LogP contribution in [0.4, 0.5) is 5.69 Å². The van der Waals surface area contributed by atoms with Gasteiger partial charge >= 0.3 is 0 Å². The number of hydrogen-bond acceptors (Lipinski definition) is 3. The van der Waals surface area contributed by atoms with Crippen LogP contribution in [0.2, 0.25) is 5.15 Å². The van der Waals surface area contributed by atoms with Crippen LogP contribution in [0, 0.1) is 6.92 Å². The second-order valence-corrected chi connectivity index (χ2v) is 6.79. The third-order valence-corrected chi connectivity index (χ3v) is 4.69. The van der Waals surface area contributed by atoms with Gasteiger partial charge in [0.15, 0.2) is 5.15 Å². The van der Waals surface area contributed by atoms with E-state index in [1.54, 1.807) is 31.2 Å². The van der Waals surface area contributed by atoms with Gasteiger partial charge in [0.25, 0.3) is 10.0 Å². The van der Waals surface area contributed by atoms with Crippen LogP contribution in [0.1, 0.15) is 5.56 Å². The molecule has 0 fully saturated rings. The molecule has 0 aliphatic carbocycles. The third-order valence-electron chi connectivity index (χ3n) is 2.43. The van der Waals surface area contributed by atoms with E-state index < -0.39 is 10.0 Å². The van der Waals surface area contributed by atoms with Crippen LogP contribution in [0.5, 0.6) is 0 Å². The number of hydrogen-bond donors (Lipinski definition) is 1. The third kappa shape index (κ3) is 3.26. The number of nitrogens with zero attached hydrogens (tertiary/aromatic N) is 1. The molecule has 0 saturated heterocycles. The molecule has 4 nitrogen and oxygen atoms in total. The van der Waals surface area contributed by atoms with Crippen molar-refractivity contribution < 1.29 is 8.42 Å². The summed E-state index contributed by atoms with van der Waals surface area (Å²) in [6, 6.07) is 8.28. The fourth-order valence-electron chi connectivity index (χ4n) is 1.55. The Bertz CT molecular complexity index is 719. The first-order valence-electron chi connectivity index (χ1n) is 5.29. The quantitative estimate of drug-likeness (QED) is 0.850. The minimum absolute atomic E-state index is 0.0976. The van der Waals surface area contributed by atoms with E-state index in [-0.39, 0.29) is 15.7 Å². The molecule has 1 heterocycles.